The van der Waals surface area contributed by atoms with Crippen molar-refractivity contribution in [3.05, 3.63) is 44.6 Å². The van der Waals surface area contributed by atoms with Crippen molar-refractivity contribution in [3.8, 4) is 0 Å². The van der Waals surface area contributed by atoms with Crippen LogP contribution in [0, 0.1) is 10.1 Å². The van der Waals surface area contributed by atoms with Gasteiger partial charge in [0.15, 0.2) is 5.69 Å². The van der Waals surface area contributed by atoms with Gasteiger partial charge in [-0.3, -0.25) is 10.1 Å². The predicted octanol–water partition coefficient (Wildman–Crippen LogP) is 2.67. The lowest BCUT2D eigenvalue weighted by molar-refractivity contribution is -0.830. The first kappa shape index (κ1) is 16.4. The summed E-state index contributed by atoms with van der Waals surface area (Å²) in [7, 11) is 1.26. The van der Waals surface area contributed by atoms with Gasteiger partial charge in [-0.1, -0.05) is 11.6 Å². The third kappa shape index (κ3) is 3.69. The number of hydrogen-bond acceptors (Lipinski definition) is 3. The summed E-state index contributed by atoms with van der Waals surface area (Å²) in [5.74, 6) is 0. The highest BCUT2D eigenvalue weighted by molar-refractivity contribution is 6.30. The Labute approximate surface area is 117 Å². The van der Waals surface area contributed by atoms with Gasteiger partial charge in [0.2, 0.25) is 0 Å². The zero-order valence-electron chi connectivity index (χ0n) is 10.5. The smallest absolute Gasteiger partial charge is 0.259 e. The molecule has 0 aliphatic heterocycles. The molecule has 0 unspecified atom stereocenters. The topological polar surface area (TPSA) is 69.0 Å². The van der Waals surface area contributed by atoms with E-state index >= 15 is 0 Å². The number of halogens is 4. The zero-order valence-corrected chi connectivity index (χ0v) is 11.2. The Morgan fingerprint density at radius 2 is 2.05 bits per heavy atom. The van der Waals surface area contributed by atoms with Crippen molar-refractivity contribution in [2.45, 2.75) is 13.1 Å². The number of nitrogens with zero attached hydrogens (tertiary/aromatic N) is 1. The monoisotopic (exact) mass is 311 g/mol. The van der Waals surface area contributed by atoms with E-state index in [0.717, 1.165) is 18.5 Å². The number of alkyl halides is 3. The molecule has 0 radical (unpaired) electrons. The van der Waals surface area contributed by atoms with Crippen LogP contribution in [0.3, 0.4) is 0 Å². The standard InChI is InChI=1S/C11H10ClF3N2O3/c1-6(17(18)19)10(11(13,14)15)8-5-7(12)3-4-9(8)16-20-2/h3-5,16H,1-2H3/p+1/b10-6-. The number of rotatable bonds is 4. The van der Waals surface area contributed by atoms with Gasteiger partial charge in [-0.2, -0.15) is 18.7 Å². The number of nitrogens with two attached hydrogens (primary N) is 1. The Bertz CT molecular complexity index is 558. The molecule has 9 heteroatoms. The molecule has 0 saturated heterocycles. The van der Waals surface area contributed by atoms with Crippen LogP contribution >= 0.6 is 11.6 Å². The second kappa shape index (κ2) is 6.21. The highest BCUT2D eigenvalue weighted by Crippen LogP contribution is 2.39. The highest BCUT2D eigenvalue weighted by Gasteiger charge is 2.42. The van der Waals surface area contributed by atoms with Crippen LogP contribution in [0.25, 0.3) is 5.57 Å². The third-order valence-electron chi connectivity index (χ3n) is 2.45. The first-order chi connectivity index (χ1) is 9.18. The van der Waals surface area contributed by atoms with Crippen molar-refractivity contribution < 1.29 is 28.4 Å². The Morgan fingerprint density at radius 1 is 1.45 bits per heavy atom. The second-order valence-corrected chi connectivity index (χ2v) is 4.24. The van der Waals surface area contributed by atoms with E-state index in [2.05, 4.69) is 4.84 Å². The summed E-state index contributed by atoms with van der Waals surface area (Å²) in [5.41, 5.74) is -1.66. The predicted molar refractivity (Wildman–Crippen MR) is 65.7 cm³/mol. The van der Waals surface area contributed by atoms with E-state index in [1.165, 1.54) is 19.2 Å². The van der Waals surface area contributed by atoms with Gasteiger partial charge < -0.3 is 0 Å². The van der Waals surface area contributed by atoms with Gasteiger partial charge in [0.1, 0.15) is 5.57 Å². The Balaban J connectivity index is 3.62. The van der Waals surface area contributed by atoms with Gasteiger partial charge in [0.05, 0.1) is 17.6 Å². The molecule has 0 atom stereocenters. The van der Waals surface area contributed by atoms with Crippen LogP contribution in [-0.2, 0) is 4.84 Å². The third-order valence-corrected chi connectivity index (χ3v) is 2.68. The van der Waals surface area contributed by atoms with Crippen molar-refractivity contribution in [2.75, 3.05) is 7.11 Å². The minimum absolute atomic E-state index is 0.0335. The fourth-order valence-electron chi connectivity index (χ4n) is 1.62. The maximum Gasteiger partial charge on any atom is 0.423 e. The minimum Gasteiger partial charge on any atom is -0.259 e. The van der Waals surface area contributed by atoms with E-state index in [0.29, 0.717) is 0 Å². The zero-order chi connectivity index (χ0) is 15.5. The Kier molecular flexibility index (Phi) is 5.09. The normalized spacial score (nSPS) is 13.1. The summed E-state index contributed by atoms with van der Waals surface area (Å²) in [4.78, 5) is 14.3. The molecule has 5 nitrogen and oxygen atoms in total. The average molecular weight is 312 g/mol. The average Bonchev–Trinajstić information content (AvgIpc) is 2.31. The van der Waals surface area contributed by atoms with Gasteiger partial charge >= 0.3 is 6.18 Å². The highest BCUT2D eigenvalue weighted by atomic mass is 35.5. The van der Waals surface area contributed by atoms with E-state index in [1.54, 1.807) is 0 Å². The summed E-state index contributed by atoms with van der Waals surface area (Å²) in [6, 6.07) is 3.67. The lowest BCUT2D eigenvalue weighted by atomic mass is 10.0. The van der Waals surface area contributed by atoms with Crippen molar-refractivity contribution in [2.24, 2.45) is 0 Å². The number of quaternary nitrogens is 1. The van der Waals surface area contributed by atoms with Crippen molar-refractivity contribution in [3.63, 3.8) is 0 Å². The molecule has 1 aromatic carbocycles. The Hall–Kier alpha value is -1.64. The SMILES string of the molecule is CO[NH2+]c1ccc(Cl)cc1/C(=C(\C)[N+](=O)[O-])C(F)(F)F. The molecule has 110 valence electrons. The molecule has 0 aromatic heterocycles. The molecule has 0 aliphatic rings. The molecule has 0 amide bonds. The molecule has 0 fully saturated rings. The van der Waals surface area contributed by atoms with Gasteiger partial charge in [-0.25, -0.2) is 4.84 Å². The van der Waals surface area contributed by atoms with Crippen LogP contribution in [-0.4, -0.2) is 18.2 Å². The molecule has 0 bridgehead atoms. The lowest BCUT2D eigenvalue weighted by Gasteiger charge is -2.13. The van der Waals surface area contributed by atoms with Gasteiger partial charge in [0.25, 0.3) is 5.70 Å². The molecule has 0 heterocycles. The molecule has 0 saturated carbocycles. The molecular formula is C11H11ClF3N2O3+. The maximum atomic E-state index is 13.1. The molecule has 0 spiro atoms. The summed E-state index contributed by atoms with van der Waals surface area (Å²) in [6.07, 6.45) is -4.89. The van der Waals surface area contributed by atoms with Crippen LogP contribution in [0.1, 0.15) is 12.5 Å². The lowest BCUT2D eigenvalue weighted by Crippen LogP contribution is -2.76. The van der Waals surface area contributed by atoms with Crippen molar-refractivity contribution >= 4 is 22.9 Å². The van der Waals surface area contributed by atoms with Gasteiger partial charge in [-0.05, 0) is 12.1 Å². The van der Waals surface area contributed by atoms with Crippen LogP contribution in [0.5, 0.6) is 0 Å². The summed E-state index contributed by atoms with van der Waals surface area (Å²) in [5, 5.41) is 10.7. The molecule has 2 N–H and O–H groups in total. The number of hydrogen-bond donors (Lipinski definition) is 1. The first-order valence-corrected chi connectivity index (χ1v) is 5.64. The maximum absolute atomic E-state index is 13.1. The summed E-state index contributed by atoms with van der Waals surface area (Å²) >= 11 is 5.68. The summed E-state index contributed by atoms with van der Waals surface area (Å²) in [6.45, 7) is 0.792. The van der Waals surface area contributed by atoms with E-state index in [1.807, 2.05) is 0 Å². The molecule has 0 aliphatic carbocycles. The fourth-order valence-corrected chi connectivity index (χ4v) is 1.79. The van der Waals surface area contributed by atoms with E-state index in [-0.39, 0.29) is 10.7 Å². The Morgan fingerprint density at radius 3 is 2.50 bits per heavy atom. The fraction of sp³-hybridized carbons (Fsp3) is 0.273. The van der Waals surface area contributed by atoms with Crippen LogP contribution < -0.4 is 5.48 Å². The van der Waals surface area contributed by atoms with Crippen molar-refractivity contribution in [1.82, 2.24) is 0 Å². The van der Waals surface area contributed by atoms with Crippen molar-refractivity contribution in [1.29, 1.82) is 0 Å². The molecule has 20 heavy (non-hydrogen) atoms. The van der Waals surface area contributed by atoms with Crippen LogP contribution in [0.4, 0.5) is 18.9 Å². The largest absolute Gasteiger partial charge is 0.423 e. The molecule has 1 aromatic rings. The van der Waals surface area contributed by atoms with E-state index in [4.69, 9.17) is 11.6 Å². The second-order valence-electron chi connectivity index (χ2n) is 3.80. The van der Waals surface area contributed by atoms with E-state index in [9.17, 15) is 23.3 Å². The molecular weight excluding hydrogens is 301 g/mol. The van der Waals surface area contributed by atoms with Gasteiger partial charge in [0, 0.05) is 18.0 Å². The summed E-state index contributed by atoms with van der Waals surface area (Å²) < 4.78 is 39.3. The first-order valence-electron chi connectivity index (χ1n) is 5.27. The van der Waals surface area contributed by atoms with Crippen LogP contribution in [0.15, 0.2) is 23.9 Å². The number of allylic oxidation sites excluding steroid dienone is 2. The number of nitro groups is 1. The minimum atomic E-state index is -4.89. The van der Waals surface area contributed by atoms with E-state index < -0.39 is 27.9 Å². The number of benzene rings is 1. The quantitative estimate of drug-likeness (QED) is 0.528. The van der Waals surface area contributed by atoms with Gasteiger partial charge in [-0.15, -0.1) is 0 Å². The van der Waals surface area contributed by atoms with Crippen LogP contribution in [0.2, 0.25) is 5.02 Å². The molecule has 1 rings (SSSR count).